The van der Waals surface area contributed by atoms with Crippen LogP contribution in [0.1, 0.15) is 24.0 Å². The van der Waals surface area contributed by atoms with Crippen molar-refractivity contribution in [2.75, 3.05) is 0 Å². The molecular weight excluding hydrogens is 375 g/mol. The molecule has 0 radical (unpaired) electrons. The number of H-pyrrole nitrogens is 1. The van der Waals surface area contributed by atoms with Crippen molar-refractivity contribution in [2.45, 2.75) is 38.9 Å². The van der Waals surface area contributed by atoms with E-state index in [2.05, 4.69) is 10.2 Å². The average Bonchev–Trinajstić information content (AvgIpc) is 3.45. The van der Waals surface area contributed by atoms with Crippen LogP contribution in [0.3, 0.4) is 0 Å². The van der Waals surface area contributed by atoms with E-state index < -0.39 is 0 Å². The number of halogens is 1. The minimum Gasteiger partial charge on any atom is -0.334 e. The van der Waals surface area contributed by atoms with Crippen molar-refractivity contribution in [1.82, 2.24) is 19.7 Å². The fraction of sp³-hybridized carbons (Fsp3) is 0.286. The summed E-state index contributed by atoms with van der Waals surface area (Å²) in [4.78, 5) is 14.9. The van der Waals surface area contributed by atoms with E-state index in [9.17, 15) is 9.18 Å². The highest BCUT2D eigenvalue weighted by Gasteiger charge is 2.33. The van der Waals surface area contributed by atoms with Crippen LogP contribution in [0.25, 0.3) is 11.4 Å². The minimum atomic E-state index is -0.292. The van der Waals surface area contributed by atoms with Crippen molar-refractivity contribution in [2.24, 2.45) is 0 Å². The van der Waals surface area contributed by atoms with Gasteiger partial charge in [0.2, 0.25) is 5.91 Å². The quantitative estimate of drug-likeness (QED) is 0.634. The van der Waals surface area contributed by atoms with E-state index in [1.165, 1.54) is 12.1 Å². The molecule has 7 heteroatoms. The predicted molar refractivity (Wildman–Crippen MR) is 108 cm³/mol. The summed E-state index contributed by atoms with van der Waals surface area (Å²) in [5.74, 6) is 0.303. The summed E-state index contributed by atoms with van der Waals surface area (Å²) in [6.07, 6.45) is 1.95. The summed E-state index contributed by atoms with van der Waals surface area (Å²) in [7, 11) is 0. The fourth-order valence-electron chi connectivity index (χ4n) is 3.25. The van der Waals surface area contributed by atoms with Crippen LogP contribution in [0, 0.1) is 17.5 Å². The SMILES string of the molecule is Cc1ccc(-c2n[nH]c(=S)n2CC(=O)N(Cc2cccc(F)c2)C2CC2)cc1. The van der Waals surface area contributed by atoms with Gasteiger partial charge in [-0.25, -0.2) is 4.39 Å². The zero-order valence-corrected chi connectivity index (χ0v) is 16.4. The molecule has 4 rings (SSSR count). The number of aromatic nitrogens is 3. The number of carbonyl (C=O) groups is 1. The lowest BCUT2D eigenvalue weighted by atomic mass is 10.1. The van der Waals surface area contributed by atoms with E-state index in [0.717, 1.165) is 29.5 Å². The van der Waals surface area contributed by atoms with Crippen molar-refractivity contribution in [3.8, 4) is 11.4 Å². The maximum Gasteiger partial charge on any atom is 0.243 e. The van der Waals surface area contributed by atoms with Gasteiger partial charge in [-0.3, -0.25) is 14.5 Å². The summed E-state index contributed by atoms with van der Waals surface area (Å²) < 4.78 is 15.7. The van der Waals surface area contributed by atoms with Crippen LogP contribution in [-0.2, 0) is 17.9 Å². The molecule has 1 N–H and O–H groups in total. The van der Waals surface area contributed by atoms with Crippen molar-refractivity contribution < 1.29 is 9.18 Å². The number of aryl methyl sites for hydroxylation is 1. The molecule has 28 heavy (non-hydrogen) atoms. The van der Waals surface area contributed by atoms with Gasteiger partial charge in [0.15, 0.2) is 10.6 Å². The van der Waals surface area contributed by atoms with E-state index >= 15 is 0 Å². The Hall–Kier alpha value is -2.80. The molecule has 1 aromatic heterocycles. The molecule has 2 aromatic carbocycles. The number of hydrogen-bond acceptors (Lipinski definition) is 3. The fourth-order valence-corrected chi connectivity index (χ4v) is 3.45. The van der Waals surface area contributed by atoms with Gasteiger partial charge in [0, 0.05) is 18.2 Å². The van der Waals surface area contributed by atoms with Crippen molar-refractivity contribution >= 4 is 18.1 Å². The number of nitrogens with one attached hydrogen (secondary N) is 1. The monoisotopic (exact) mass is 396 g/mol. The summed E-state index contributed by atoms with van der Waals surface area (Å²) in [6, 6.07) is 14.5. The van der Waals surface area contributed by atoms with Crippen LogP contribution in [-0.4, -0.2) is 31.6 Å². The van der Waals surface area contributed by atoms with Gasteiger partial charge in [-0.15, -0.1) is 0 Å². The van der Waals surface area contributed by atoms with Crippen LogP contribution in [0.4, 0.5) is 4.39 Å². The Balaban J connectivity index is 1.57. The zero-order valence-electron chi connectivity index (χ0n) is 15.6. The minimum absolute atomic E-state index is 0.0439. The molecule has 0 atom stereocenters. The Bertz CT molecular complexity index is 1050. The molecule has 0 unspecified atom stereocenters. The Labute approximate surface area is 167 Å². The molecular formula is C21H21FN4OS. The first-order valence-electron chi connectivity index (χ1n) is 9.27. The number of aromatic amines is 1. The lowest BCUT2D eigenvalue weighted by molar-refractivity contribution is -0.133. The van der Waals surface area contributed by atoms with Crippen molar-refractivity contribution in [3.05, 3.63) is 70.2 Å². The highest BCUT2D eigenvalue weighted by atomic mass is 32.1. The second kappa shape index (κ2) is 7.67. The molecule has 144 valence electrons. The molecule has 0 bridgehead atoms. The third-order valence-electron chi connectivity index (χ3n) is 4.91. The van der Waals surface area contributed by atoms with Gasteiger partial charge in [-0.1, -0.05) is 42.0 Å². The maximum absolute atomic E-state index is 13.5. The van der Waals surface area contributed by atoms with Gasteiger partial charge in [-0.2, -0.15) is 5.10 Å². The molecule has 1 fully saturated rings. The normalized spacial score (nSPS) is 13.5. The number of amides is 1. The third-order valence-corrected chi connectivity index (χ3v) is 5.22. The predicted octanol–water partition coefficient (Wildman–Crippen LogP) is 4.25. The van der Waals surface area contributed by atoms with Gasteiger partial charge >= 0.3 is 0 Å². The first-order chi connectivity index (χ1) is 13.5. The summed E-state index contributed by atoms with van der Waals surface area (Å²) >= 11 is 5.36. The molecule has 3 aromatic rings. The Morgan fingerprint density at radius 1 is 1.29 bits per heavy atom. The number of rotatable bonds is 6. The first-order valence-corrected chi connectivity index (χ1v) is 9.68. The molecule has 0 aliphatic heterocycles. The smallest absolute Gasteiger partial charge is 0.243 e. The second-order valence-corrected chi connectivity index (χ2v) is 7.57. The Morgan fingerprint density at radius 2 is 2.04 bits per heavy atom. The number of nitrogens with zero attached hydrogens (tertiary/aromatic N) is 3. The third kappa shape index (κ3) is 4.04. The molecule has 1 amide bonds. The van der Waals surface area contributed by atoms with Gasteiger partial charge < -0.3 is 4.90 Å². The summed E-state index contributed by atoms with van der Waals surface area (Å²) in [5.41, 5.74) is 2.83. The molecule has 1 aliphatic rings. The number of benzene rings is 2. The van der Waals surface area contributed by atoms with Gasteiger partial charge in [0.1, 0.15) is 12.4 Å². The highest BCUT2D eigenvalue weighted by molar-refractivity contribution is 7.71. The van der Waals surface area contributed by atoms with Crippen LogP contribution in [0.5, 0.6) is 0 Å². The van der Waals surface area contributed by atoms with Gasteiger partial charge in [-0.05, 0) is 49.7 Å². The van der Waals surface area contributed by atoms with E-state index in [1.807, 2.05) is 42.2 Å². The molecule has 1 heterocycles. The van der Waals surface area contributed by atoms with Crippen LogP contribution < -0.4 is 0 Å². The van der Waals surface area contributed by atoms with E-state index in [0.29, 0.717) is 17.1 Å². The zero-order chi connectivity index (χ0) is 19.7. The van der Waals surface area contributed by atoms with Crippen LogP contribution >= 0.6 is 12.2 Å². The van der Waals surface area contributed by atoms with Crippen LogP contribution in [0.2, 0.25) is 0 Å². The second-order valence-electron chi connectivity index (χ2n) is 7.19. The standard InChI is InChI=1S/C21H21FN4OS/c1-14-5-7-16(8-6-14)20-23-24-21(28)26(20)13-19(27)25(18-9-10-18)12-15-3-2-4-17(22)11-15/h2-8,11,18H,9-10,12-13H2,1H3,(H,24,28). The molecule has 5 nitrogen and oxygen atoms in total. The highest BCUT2D eigenvalue weighted by Crippen LogP contribution is 2.29. The molecule has 1 aliphatic carbocycles. The number of hydrogen-bond donors (Lipinski definition) is 1. The number of carbonyl (C=O) groups excluding carboxylic acids is 1. The van der Waals surface area contributed by atoms with E-state index in [1.54, 1.807) is 10.6 Å². The summed E-state index contributed by atoms with van der Waals surface area (Å²) in [5, 5.41) is 7.10. The Morgan fingerprint density at radius 3 is 2.71 bits per heavy atom. The lowest BCUT2D eigenvalue weighted by Crippen LogP contribution is -2.35. The summed E-state index contributed by atoms with van der Waals surface area (Å²) in [6.45, 7) is 2.51. The topological polar surface area (TPSA) is 53.9 Å². The van der Waals surface area contributed by atoms with Crippen LogP contribution in [0.15, 0.2) is 48.5 Å². The van der Waals surface area contributed by atoms with Crippen molar-refractivity contribution in [1.29, 1.82) is 0 Å². The van der Waals surface area contributed by atoms with Crippen molar-refractivity contribution in [3.63, 3.8) is 0 Å². The average molecular weight is 396 g/mol. The lowest BCUT2D eigenvalue weighted by Gasteiger charge is -2.23. The van der Waals surface area contributed by atoms with Gasteiger partial charge in [0.25, 0.3) is 0 Å². The maximum atomic E-state index is 13.5. The molecule has 0 spiro atoms. The molecule has 0 saturated heterocycles. The van der Waals surface area contributed by atoms with E-state index in [-0.39, 0.29) is 24.3 Å². The molecule has 1 saturated carbocycles. The van der Waals surface area contributed by atoms with Gasteiger partial charge in [0.05, 0.1) is 0 Å². The largest absolute Gasteiger partial charge is 0.334 e. The first kappa shape index (κ1) is 18.6. The van der Waals surface area contributed by atoms with E-state index in [4.69, 9.17) is 12.2 Å². The Kier molecular flexibility index (Phi) is 5.09.